The predicted octanol–water partition coefficient (Wildman–Crippen LogP) is 5.24. The average Bonchev–Trinajstić information content (AvgIpc) is 3.19. The molecule has 0 saturated heterocycles. The van der Waals surface area contributed by atoms with Gasteiger partial charge in [-0.2, -0.15) is 0 Å². The van der Waals surface area contributed by atoms with Crippen LogP contribution >= 0.6 is 11.6 Å². The highest BCUT2D eigenvalue weighted by molar-refractivity contribution is 6.30. The number of carbonyl (C=O) groups excluding carboxylic acids is 1. The third-order valence-electron chi connectivity index (χ3n) is 4.70. The zero-order chi connectivity index (χ0) is 21.5. The van der Waals surface area contributed by atoms with Crippen LogP contribution in [0.25, 0.3) is 0 Å². The summed E-state index contributed by atoms with van der Waals surface area (Å²) in [5.74, 6) is 1.37. The minimum Gasteiger partial charge on any atom is -0.486 e. The van der Waals surface area contributed by atoms with Crippen molar-refractivity contribution >= 4 is 17.5 Å². The molecule has 3 aromatic rings. The molecule has 2 aromatic carbocycles. The van der Waals surface area contributed by atoms with E-state index in [1.54, 1.807) is 12.1 Å². The molecular formula is C24H27ClN2O3. The van der Waals surface area contributed by atoms with Crippen molar-refractivity contribution in [3.05, 3.63) is 88.3 Å². The van der Waals surface area contributed by atoms with E-state index in [2.05, 4.69) is 10.2 Å². The molecule has 1 aromatic heterocycles. The second-order valence-electron chi connectivity index (χ2n) is 7.54. The van der Waals surface area contributed by atoms with E-state index in [1.807, 2.05) is 69.6 Å². The molecule has 0 spiro atoms. The lowest BCUT2D eigenvalue weighted by molar-refractivity contribution is 0.0900. The maximum Gasteiger partial charge on any atom is 0.287 e. The molecule has 6 heteroatoms. The van der Waals surface area contributed by atoms with E-state index < -0.39 is 0 Å². The molecule has 0 aliphatic heterocycles. The summed E-state index contributed by atoms with van der Waals surface area (Å²) in [6, 6.07) is 18.6. The highest BCUT2D eigenvalue weighted by Crippen LogP contribution is 2.21. The van der Waals surface area contributed by atoms with Gasteiger partial charge >= 0.3 is 0 Å². The van der Waals surface area contributed by atoms with Crippen LogP contribution in [-0.4, -0.2) is 31.4 Å². The lowest BCUT2D eigenvalue weighted by Gasteiger charge is -2.21. The molecule has 5 nitrogen and oxygen atoms in total. The summed E-state index contributed by atoms with van der Waals surface area (Å²) in [6.07, 6.45) is 0.768. The van der Waals surface area contributed by atoms with Crippen molar-refractivity contribution in [3.8, 4) is 5.75 Å². The number of ether oxygens (including phenoxy) is 1. The maximum absolute atomic E-state index is 12.8. The van der Waals surface area contributed by atoms with E-state index in [0.29, 0.717) is 10.8 Å². The van der Waals surface area contributed by atoms with Crippen LogP contribution in [0.3, 0.4) is 0 Å². The number of nitrogens with one attached hydrogen (secondary N) is 1. The van der Waals surface area contributed by atoms with Gasteiger partial charge in [0.05, 0.1) is 6.04 Å². The van der Waals surface area contributed by atoms with Crippen LogP contribution in [0.5, 0.6) is 5.75 Å². The van der Waals surface area contributed by atoms with Gasteiger partial charge in [0.2, 0.25) is 0 Å². The number of amides is 1. The lowest BCUT2D eigenvalue weighted by atomic mass is 10.0. The zero-order valence-corrected chi connectivity index (χ0v) is 18.3. The number of nitrogens with zero attached hydrogens (tertiary/aromatic N) is 1. The van der Waals surface area contributed by atoms with Crippen LogP contribution in [0, 0.1) is 6.92 Å². The van der Waals surface area contributed by atoms with Gasteiger partial charge in [0.25, 0.3) is 5.91 Å². The Morgan fingerprint density at radius 2 is 1.90 bits per heavy atom. The van der Waals surface area contributed by atoms with Gasteiger partial charge in [-0.1, -0.05) is 35.9 Å². The Balaban J connectivity index is 1.64. The molecule has 158 valence electrons. The lowest BCUT2D eigenvalue weighted by Crippen LogP contribution is -2.30. The second kappa shape index (κ2) is 10.3. The number of hydrogen-bond donors (Lipinski definition) is 1. The molecule has 3 rings (SSSR count). The summed E-state index contributed by atoms with van der Waals surface area (Å²) in [6.45, 7) is 3.11. The number of hydrogen-bond acceptors (Lipinski definition) is 4. The molecule has 0 aliphatic rings. The molecule has 0 saturated carbocycles. The summed E-state index contributed by atoms with van der Waals surface area (Å²) in [5.41, 5.74) is 2.13. The standard InChI is InChI=1S/C24H27ClN2O3/c1-17-5-4-6-20(15-17)29-16-21-11-12-23(30-21)24(28)26-22(13-14-27(2)3)18-7-9-19(25)10-8-18/h4-12,15,22H,13-14,16H2,1-3H3,(H,26,28). The van der Waals surface area contributed by atoms with Crippen molar-refractivity contribution < 1.29 is 13.9 Å². The van der Waals surface area contributed by atoms with Gasteiger partial charge in [-0.3, -0.25) is 4.79 Å². The molecule has 1 heterocycles. The molecule has 0 fully saturated rings. The minimum absolute atomic E-state index is 0.144. The van der Waals surface area contributed by atoms with Gasteiger partial charge in [0.1, 0.15) is 18.1 Å². The second-order valence-corrected chi connectivity index (χ2v) is 7.98. The Hall–Kier alpha value is -2.76. The number of benzene rings is 2. The first-order valence-corrected chi connectivity index (χ1v) is 10.3. The van der Waals surface area contributed by atoms with E-state index in [-0.39, 0.29) is 24.3 Å². The van der Waals surface area contributed by atoms with Gasteiger partial charge in [0, 0.05) is 5.02 Å². The van der Waals surface area contributed by atoms with Crippen LogP contribution in [0.4, 0.5) is 0 Å². The van der Waals surface area contributed by atoms with Crippen LogP contribution in [0.2, 0.25) is 5.02 Å². The SMILES string of the molecule is Cc1cccc(OCc2ccc(C(=O)NC(CCN(C)C)c3ccc(Cl)cc3)o2)c1. The monoisotopic (exact) mass is 426 g/mol. The Bertz CT molecular complexity index is 967. The van der Waals surface area contributed by atoms with E-state index in [0.717, 1.165) is 29.8 Å². The van der Waals surface area contributed by atoms with Gasteiger partial charge in [-0.15, -0.1) is 0 Å². The predicted molar refractivity (Wildman–Crippen MR) is 119 cm³/mol. The quantitative estimate of drug-likeness (QED) is 0.508. The fourth-order valence-corrected chi connectivity index (χ4v) is 3.20. The van der Waals surface area contributed by atoms with E-state index in [1.165, 1.54) is 0 Å². The summed E-state index contributed by atoms with van der Waals surface area (Å²) in [4.78, 5) is 14.9. The normalized spacial score (nSPS) is 12.0. The van der Waals surface area contributed by atoms with Crippen LogP contribution in [0.1, 0.15) is 39.9 Å². The third kappa shape index (κ3) is 6.37. The summed E-state index contributed by atoms with van der Waals surface area (Å²) >= 11 is 6.01. The van der Waals surface area contributed by atoms with Crippen LogP contribution < -0.4 is 10.1 Å². The Morgan fingerprint density at radius 1 is 1.13 bits per heavy atom. The van der Waals surface area contributed by atoms with Crippen molar-refractivity contribution in [1.29, 1.82) is 0 Å². The number of carbonyl (C=O) groups is 1. The fourth-order valence-electron chi connectivity index (χ4n) is 3.07. The number of rotatable bonds is 9. The first kappa shape index (κ1) is 21.9. The zero-order valence-electron chi connectivity index (χ0n) is 17.5. The summed E-state index contributed by atoms with van der Waals surface area (Å²) in [7, 11) is 4.02. The average molecular weight is 427 g/mol. The molecule has 1 atom stereocenters. The molecule has 0 bridgehead atoms. The van der Waals surface area contributed by atoms with Crippen molar-refractivity contribution in [2.75, 3.05) is 20.6 Å². The van der Waals surface area contributed by atoms with Crippen molar-refractivity contribution in [2.24, 2.45) is 0 Å². The molecule has 30 heavy (non-hydrogen) atoms. The first-order chi connectivity index (χ1) is 14.4. The van der Waals surface area contributed by atoms with Gasteiger partial charge in [-0.05, 0) is 81.5 Å². The molecule has 1 amide bonds. The maximum atomic E-state index is 12.8. The topological polar surface area (TPSA) is 54.7 Å². The van der Waals surface area contributed by atoms with Crippen molar-refractivity contribution in [3.63, 3.8) is 0 Å². The molecule has 1 N–H and O–H groups in total. The Morgan fingerprint density at radius 3 is 2.60 bits per heavy atom. The fraction of sp³-hybridized carbons (Fsp3) is 0.292. The summed E-state index contributed by atoms with van der Waals surface area (Å²) in [5, 5.41) is 3.74. The van der Waals surface area contributed by atoms with Gasteiger partial charge in [0.15, 0.2) is 5.76 Å². The smallest absolute Gasteiger partial charge is 0.287 e. The van der Waals surface area contributed by atoms with E-state index >= 15 is 0 Å². The molecule has 1 unspecified atom stereocenters. The third-order valence-corrected chi connectivity index (χ3v) is 4.95. The molecule has 0 aliphatic carbocycles. The Labute approximate surface area is 182 Å². The number of aryl methyl sites for hydroxylation is 1. The van der Waals surface area contributed by atoms with E-state index in [4.69, 9.17) is 20.8 Å². The summed E-state index contributed by atoms with van der Waals surface area (Å²) < 4.78 is 11.5. The van der Waals surface area contributed by atoms with Crippen molar-refractivity contribution in [1.82, 2.24) is 10.2 Å². The largest absolute Gasteiger partial charge is 0.486 e. The highest BCUT2D eigenvalue weighted by Gasteiger charge is 2.19. The number of furan rings is 1. The highest BCUT2D eigenvalue weighted by atomic mass is 35.5. The van der Waals surface area contributed by atoms with Crippen LogP contribution in [0.15, 0.2) is 65.1 Å². The van der Waals surface area contributed by atoms with Crippen molar-refractivity contribution in [2.45, 2.75) is 26.0 Å². The molecule has 0 radical (unpaired) electrons. The van der Waals surface area contributed by atoms with Crippen LogP contribution in [-0.2, 0) is 6.61 Å². The first-order valence-electron chi connectivity index (χ1n) is 9.90. The minimum atomic E-state index is -0.254. The Kier molecular flexibility index (Phi) is 7.55. The van der Waals surface area contributed by atoms with E-state index in [9.17, 15) is 4.79 Å². The number of halogens is 1. The van der Waals surface area contributed by atoms with Gasteiger partial charge in [-0.25, -0.2) is 0 Å². The molecular weight excluding hydrogens is 400 g/mol. The van der Waals surface area contributed by atoms with Gasteiger partial charge < -0.3 is 19.4 Å².